The van der Waals surface area contributed by atoms with Crippen LogP contribution in [0.3, 0.4) is 0 Å². The molecular formula is C14H14ClNO4. The summed E-state index contributed by atoms with van der Waals surface area (Å²) in [5.41, 5.74) is 1.21. The predicted octanol–water partition coefficient (Wildman–Crippen LogP) is 3.34. The fourth-order valence-electron chi connectivity index (χ4n) is 1.66. The third-order valence-corrected chi connectivity index (χ3v) is 2.99. The highest BCUT2D eigenvalue weighted by atomic mass is 35.5. The Morgan fingerprint density at radius 3 is 2.80 bits per heavy atom. The van der Waals surface area contributed by atoms with Gasteiger partial charge in [-0.2, -0.15) is 0 Å². The molecule has 1 N–H and O–H groups in total. The normalized spacial score (nSPS) is 10.2. The SMILES string of the molecule is COC(=O)c1coc(CNc2ccc(OC)c(Cl)c2)c1. The molecule has 20 heavy (non-hydrogen) atoms. The number of carbonyl (C=O) groups excluding carboxylic acids is 1. The smallest absolute Gasteiger partial charge is 0.341 e. The van der Waals surface area contributed by atoms with Crippen molar-refractivity contribution in [3.63, 3.8) is 0 Å². The largest absolute Gasteiger partial charge is 0.495 e. The third-order valence-electron chi connectivity index (χ3n) is 2.69. The molecule has 0 saturated carbocycles. The lowest BCUT2D eigenvalue weighted by Crippen LogP contribution is -2.00. The van der Waals surface area contributed by atoms with E-state index < -0.39 is 5.97 Å². The fraction of sp³-hybridized carbons (Fsp3) is 0.214. The van der Waals surface area contributed by atoms with E-state index in [4.69, 9.17) is 20.8 Å². The Labute approximate surface area is 121 Å². The van der Waals surface area contributed by atoms with Crippen LogP contribution in [0, 0.1) is 0 Å². The maximum atomic E-state index is 11.3. The van der Waals surface area contributed by atoms with Gasteiger partial charge in [-0.25, -0.2) is 4.79 Å². The lowest BCUT2D eigenvalue weighted by molar-refractivity contribution is 0.0600. The quantitative estimate of drug-likeness (QED) is 0.857. The van der Waals surface area contributed by atoms with Crippen LogP contribution >= 0.6 is 11.6 Å². The Hall–Kier alpha value is -2.14. The molecule has 2 rings (SSSR count). The molecule has 1 aromatic carbocycles. The van der Waals surface area contributed by atoms with E-state index in [1.807, 2.05) is 6.07 Å². The van der Waals surface area contributed by atoms with Gasteiger partial charge in [-0.15, -0.1) is 0 Å². The summed E-state index contributed by atoms with van der Waals surface area (Å²) in [5, 5.41) is 3.66. The van der Waals surface area contributed by atoms with Crippen molar-refractivity contribution >= 4 is 23.3 Å². The fourth-order valence-corrected chi connectivity index (χ4v) is 1.92. The van der Waals surface area contributed by atoms with Gasteiger partial charge >= 0.3 is 5.97 Å². The third kappa shape index (κ3) is 3.24. The number of nitrogens with one attached hydrogen (secondary N) is 1. The molecule has 0 aliphatic rings. The van der Waals surface area contributed by atoms with E-state index in [2.05, 4.69) is 10.1 Å². The van der Waals surface area contributed by atoms with Crippen LogP contribution in [0.15, 0.2) is 34.9 Å². The van der Waals surface area contributed by atoms with Crippen molar-refractivity contribution in [2.45, 2.75) is 6.54 Å². The number of benzene rings is 1. The molecule has 0 aliphatic heterocycles. The van der Waals surface area contributed by atoms with Gasteiger partial charge in [0.2, 0.25) is 0 Å². The van der Waals surface area contributed by atoms with Crippen molar-refractivity contribution in [2.24, 2.45) is 0 Å². The first kappa shape index (κ1) is 14.3. The topological polar surface area (TPSA) is 60.7 Å². The van der Waals surface area contributed by atoms with Crippen molar-refractivity contribution in [1.29, 1.82) is 0 Å². The van der Waals surface area contributed by atoms with Gasteiger partial charge < -0.3 is 19.2 Å². The summed E-state index contributed by atoms with van der Waals surface area (Å²) in [5.74, 6) is 0.813. The maximum absolute atomic E-state index is 11.3. The van der Waals surface area contributed by atoms with Gasteiger partial charge in [-0.1, -0.05) is 11.6 Å². The maximum Gasteiger partial charge on any atom is 0.341 e. The number of ether oxygens (including phenoxy) is 2. The van der Waals surface area contributed by atoms with E-state index in [1.54, 1.807) is 25.3 Å². The minimum Gasteiger partial charge on any atom is -0.495 e. The van der Waals surface area contributed by atoms with Gasteiger partial charge in [-0.3, -0.25) is 0 Å². The molecule has 106 valence electrons. The van der Waals surface area contributed by atoms with Gasteiger partial charge in [0.25, 0.3) is 0 Å². The van der Waals surface area contributed by atoms with Crippen molar-refractivity contribution in [3.8, 4) is 5.75 Å². The summed E-state index contributed by atoms with van der Waals surface area (Å²) in [6.07, 6.45) is 1.36. The predicted molar refractivity (Wildman–Crippen MR) is 75.4 cm³/mol. The average Bonchev–Trinajstić information content (AvgIpc) is 2.93. The Balaban J connectivity index is 2.00. The molecule has 0 atom stereocenters. The van der Waals surface area contributed by atoms with Gasteiger partial charge in [-0.05, 0) is 24.3 Å². The van der Waals surface area contributed by atoms with E-state index in [0.29, 0.717) is 28.6 Å². The zero-order chi connectivity index (χ0) is 14.5. The van der Waals surface area contributed by atoms with Crippen molar-refractivity contribution < 1.29 is 18.7 Å². The summed E-state index contributed by atoms with van der Waals surface area (Å²) in [6, 6.07) is 7.00. The molecule has 1 aromatic heterocycles. The van der Waals surface area contributed by atoms with Crippen LogP contribution in [-0.4, -0.2) is 20.2 Å². The minimum atomic E-state index is -0.424. The first-order valence-electron chi connectivity index (χ1n) is 5.87. The molecule has 2 aromatic rings. The molecule has 0 radical (unpaired) electrons. The highest BCUT2D eigenvalue weighted by Crippen LogP contribution is 2.27. The summed E-state index contributed by atoms with van der Waals surface area (Å²) >= 11 is 6.03. The lowest BCUT2D eigenvalue weighted by atomic mass is 10.3. The Kier molecular flexibility index (Phi) is 4.53. The molecule has 0 aliphatic carbocycles. The first-order valence-corrected chi connectivity index (χ1v) is 6.25. The van der Waals surface area contributed by atoms with Gasteiger partial charge in [0.1, 0.15) is 17.8 Å². The number of carbonyl (C=O) groups is 1. The average molecular weight is 296 g/mol. The monoisotopic (exact) mass is 295 g/mol. The number of halogens is 1. The standard InChI is InChI=1S/C14H14ClNO4/c1-18-13-4-3-10(6-12(13)15)16-7-11-5-9(8-20-11)14(17)19-2/h3-6,8,16H,7H2,1-2H3. The van der Waals surface area contributed by atoms with Crippen LogP contribution in [0.5, 0.6) is 5.75 Å². The van der Waals surface area contributed by atoms with Gasteiger partial charge in [0.05, 0.1) is 31.4 Å². The minimum absolute atomic E-state index is 0.386. The van der Waals surface area contributed by atoms with E-state index in [0.717, 1.165) is 5.69 Å². The van der Waals surface area contributed by atoms with Crippen molar-refractivity contribution in [1.82, 2.24) is 0 Å². The molecule has 0 fully saturated rings. The van der Waals surface area contributed by atoms with Crippen LogP contribution in [0.25, 0.3) is 0 Å². The van der Waals surface area contributed by atoms with Crippen LogP contribution in [0.2, 0.25) is 5.02 Å². The van der Waals surface area contributed by atoms with Crippen LogP contribution in [0.1, 0.15) is 16.1 Å². The summed E-state index contributed by atoms with van der Waals surface area (Å²) < 4.78 is 14.9. The van der Waals surface area contributed by atoms with E-state index >= 15 is 0 Å². The van der Waals surface area contributed by atoms with E-state index in [9.17, 15) is 4.79 Å². The summed E-state index contributed by atoms with van der Waals surface area (Å²) in [7, 11) is 2.89. The van der Waals surface area contributed by atoms with Crippen molar-refractivity contribution in [2.75, 3.05) is 19.5 Å². The molecule has 0 bridgehead atoms. The van der Waals surface area contributed by atoms with Gasteiger partial charge in [0, 0.05) is 5.69 Å². The molecular weight excluding hydrogens is 282 g/mol. The number of rotatable bonds is 5. The Morgan fingerprint density at radius 2 is 2.15 bits per heavy atom. The highest BCUT2D eigenvalue weighted by Gasteiger charge is 2.10. The second-order valence-electron chi connectivity index (χ2n) is 4.00. The summed E-state index contributed by atoms with van der Waals surface area (Å²) in [4.78, 5) is 11.3. The number of hydrogen-bond acceptors (Lipinski definition) is 5. The Morgan fingerprint density at radius 1 is 1.35 bits per heavy atom. The molecule has 0 amide bonds. The number of esters is 1. The molecule has 6 heteroatoms. The lowest BCUT2D eigenvalue weighted by Gasteiger charge is -2.07. The number of furan rings is 1. The highest BCUT2D eigenvalue weighted by molar-refractivity contribution is 6.32. The van der Waals surface area contributed by atoms with Crippen LogP contribution < -0.4 is 10.1 Å². The molecule has 0 spiro atoms. The zero-order valence-electron chi connectivity index (χ0n) is 11.1. The van der Waals surface area contributed by atoms with Gasteiger partial charge in [0.15, 0.2) is 0 Å². The van der Waals surface area contributed by atoms with Crippen molar-refractivity contribution in [3.05, 3.63) is 46.9 Å². The van der Waals surface area contributed by atoms with E-state index in [1.165, 1.54) is 13.4 Å². The second-order valence-corrected chi connectivity index (χ2v) is 4.40. The van der Waals surface area contributed by atoms with Crippen LogP contribution in [0.4, 0.5) is 5.69 Å². The second kappa shape index (κ2) is 6.34. The molecule has 0 unspecified atom stereocenters. The number of anilines is 1. The van der Waals surface area contributed by atoms with E-state index in [-0.39, 0.29) is 0 Å². The number of hydrogen-bond donors (Lipinski definition) is 1. The molecule has 5 nitrogen and oxygen atoms in total. The molecule has 1 heterocycles. The zero-order valence-corrected chi connectivity index (χ0v) is 11.9. The Bertz CT molecular complexity index is 609. The molecule has 0 saturated heterocycles. The first-order chi connectivity index (χ1) is 9.63. The van der Waals surface area contributed by atoms with Crippen LogP contribution in [-0.2, 0) is 11.3 Å². The summed E-state index contributed by atoms with van der Waals surface area (Å²) in [6.45, 7) is 0.430. The number of methoxy groups -OCH3 is 2.